The van der Waals surface area contributed by atoms with Crippen LogP contribution in [-0.2, 0) is 4.74 Å². The van der Waals surface area contributed by atoms with Gasteiger partial charge in [-0.25, -0.2) is 4.79 Å². The second-order valence-corrected chi connectivity index (χ2v) is 4.10. The fraction of sp³-hybridized carbons (Fsp3) is 0.429. The standard InChI is InChI=1S/C14H19N3O2/c15-12-19-11-7-2-1-6-10-16-14(18)17-13-8-4-3-5-9-13/h3-5,8-9H,1-2,6-7,10-11H2,(H2,16,17,18). The minimum absolute atomic E-state index is 0.181. The largest absolute Gasteiger partial charge is 0.428 e. The number of carbonyl (C=O) groups excluding carboxylic acids is 1. The van der Waals surface area contributed by atoms with Crippen molar-refractivity contribution in [3.63, 3.8) is 0 Å². The molecule has 0 aliphatic carbocycles. The van der Waals surface area contributed by atoms with E-state index in [0.717, 1.165) is 31.4 Å². The summed E-state index contributed by atoms with van der Waals surface area (Å²) in [6, 6.07) is 9.15. The average Bonchev–Trinajstić information content (AvgIpc) is 2.43. The first-order chi connectivity index (χ1) is 9.33. The molecule has 0 atom stereocenters. The number of hydrogen-bond acceptors (Lipinski definition) is 3. The number of nitrogens with zero attached hydrogens (tertiary/aromatic N) is 1. The number of anilines is 1. The topological polar surface area (TPSA) is 74.1 Å². The molecular formula is C14H19N3O2. The molecule has 1 aromatic rings. The Balaban J connectivity index is 1.98. The highest BCUT2D eigenvalue weighted by atomic mass is 16.5. The summed E-state index contributed by atoms with van der Waals surface area (Å²) in [5.74, 6) is 0. The van der Waals surface area contributed by atoms with Gasteiger partial charge in [-0.05, 0) is 31.4 Å². The van der Waals surface area contributed by atoms with Crippen LogP contribution in [-0.4, -0.2) is 19.2 Å². The van der Waals surface area contributed by atoms with Gasteiger partial charge >= 0.3 is 6.03 Å². The van der Waals surface area contributed by atoms with E-state index in [9.17, 15) is 4.79 Å². The maximum Gasteiger partial charge on any atom is 0.319 e. The number of para-hydroxylation sites is 1. The zero-order chi connectivity index (χ0) is 13.8. The van der Waals surface area contributed by atoms with E-state index in [2.05, 4.69) is 15.4 Å². The normalized spacial score (nSPS) is 9.42. The van der Waals surface area contributed by atoms with Crippen LogP contribution in [0, 0.1) is 11.5 Å². The minimum Gasteiger partial charge on any atom is -0.428 e. The van der Waals surface area contributed by atoms with Gasteiger partial charge in [0, 0.05) is 12.2 Å². The third kappa shape index (κ3) is 7.66. The molecule has 0 radical (unpaired) electrons. The number of urea groups is 1. The van der Waals surface area contributed by atoms with E-state index in [4.69, 9.17) is 5.26 Å². The highest BCUT2D eigenvalue weighted by Gasteiger charge is 1.99. The Kier molecular flexibility index (Phi) is 7.63. The van der Waals surface area contributed by atoms with Gasteiger partial charge in [-0.2, -0.15) is 5.26 Å². The molecule has 0 aromatic heterocycles. The number of unbranched alkanes of at least 4 members (excludes halogenated alkanes) is 3. The lowest BCUT2D eigenvalue weighted by Crippen LogP contribution is -2.29. The summed E-state index contributed by atoms with van der Waals surface area (Å²) < 4.78 is 4.57. The number of nitriles is 1. The summed E-state index contributed by atoms with van der Waals surface area (Å²) in [6.07, 6.45) is 5.46. The van der Waals surface area contributed by atoms with Gasteiger partial charge in [0.05, 0.1) is 0 Å². The molecule has 2 N–H and O–H groups in total. The van der Waals surface area contributed by atoms with Crippen LogP contribution in [0.1, 0.15) is 25.7 Å². The first-order valence-electron chi connectivity index (χ1n) is 6.43. The van der Waals surface area contributed by atoms with Crippen LogP contribution in [0.5, 0.6) is 0 Å². The quantitative estimate of drug-likeness (QED) is 0.558. The van der Waals surface area contributed by atoms with Crippen molar-refractivity contribution >= 4 is 11.7 Å². The molecule has 0 aliphatic heterocycles. The third-order valence-electron chi connectivity index (χ3n) is 2.55. The number of nitrogens with one attached hydrogen (secondary N) is 2. The Morgan fingerprint density at radius 2 is 1.89 bits per heavy atom. The SMILES string of the molecule is N#COCCCCCCNC(=O)Nc1ccccc1. The summed E-state index contributed by atoms with van der Waals surface area (Å²) in [5.41, 5.74) is 0.786. The first kappa shape index (κ1) is 14.8. The van der Waals surface area contributed by atoms with E-state index < -0.39 is 0 Å². The summed E-state index contributed by atoms with van der Waals surface area (Å²) in [4.78, 5) is 11.5. The molecule has 0 heterocycles. The zero-order valence-electron chi connectivity index (χ0n) is 10.9. The van der Waals surface area contributed by atoms with E-state index in [1.807, 2.05) is 30.3 Å². The van der Waals surface area contributed by atoms with Crippen molar-refractivity contribution in [1.82, 2.24) is 5.32 Å². The van der Waals surface area contributed by atoms with Gasteiger partial charge in [0.25, 0.3) is 6.26 Å². The number of rotatable bonds is 8. The van der Waals surface area contributed by atoms with Crippen LogP contribution in [0.15, 0.2) is 30.3 Å². The molecule has 0 aliphatic rings. The lowest BCUT2D eigenvalue weighted by atomic mass is 10.2. The van der Waals surface area contributed by atoms with E-state index in [1.54, 1.807) is 6.26 Å². The number of hydrogen-bond donors (Lipinski definition) is 2. The molecule has 0 bridgehead atoms. The first-order valence-corrected chi connectivity index (χ1v) is 6.43. The van der Waals surface area contributed by atoms with Crippen molar-refractivity contribution < 1.29 is 9.53 Å². The van der Waals surface area contributed by atoms with Crippen LogP contribution in [0.2, 0.25) is 0 Å². The van der Waals surface area contributed by atoms with Gasteiger partial charge < -0.3 is 15.4 Å². The zero-order valence-corrected chi connectivity index (χ0v) is 10.9. The fourth-order valence-electron chi connectivity index (χ4n) is 1.60. The molecule has 0 saturated heterocycles. The molecule has 1 aromatic carbocycles. The van der Waals surface area contributed by atoms with Gasteiger partial charge in [-0.3, -0.25) is 0 Å². The third-order valence-corrected chi connectivity index (χ3v) is 2.55. The molecule has 0 saturated carbocycles. The molecular weight excluding hydrogens is 242 g/mol. The van der Waals surface area contributed by atoms with Crippen molar-refractivity contribution in [2.24, 2.45) is 0 Å². The number of amides is 2. The van der Waals surface area contributed by atoms with Gasteiger partial charge in [-0.15, -0.1) is 0 Å². The Morgan fingerprint density at radius 3 is 2.63 bits per heavy atom. The Labute approximate surface area is 113 Å². The number of carbonyl (C=O) groups is 1. The smallest absolute Gasteiger partial charge is 0.319 e. The monoisotopic (exact) mass is 261 g/mol. The summed E-state index contributed by atoms with van der Waals surface area (Å²) in [6.45, 7) is 1.14. The lowest BCUT2D eigenvalue weighted by Gasteiger charge is -2.07. The Hall–Kier alpha value is -2.22. The van der Waals surface area contributed by atoms with Crippen LogP contribution < -0.4 is 10.6 Å². The maximum atomic E-state index is 11.5. The molecule has 2 amide bonds. The Morgan fingerprint density at radius 1 is 1.16 bits per heavy atom. The van der Waals surface area contributed by atoms with Crippen molar-refractivity contribution in [3.05, 3.63) is 30.3 Å². The van der Waals surface area contributed by atoms with Crippen LogP contribution in [0.3, 0.4) is 0 Å². The van der Waals surface area contributed by atoms with Crippen LogP contribution in [0.25, 0.3) is 0 Å². The highest BCUT2D eigenvalue weighted by molar-refractivity contribution is 5.89. The van der Waals surface area contributed by atoms with Crippen molar-refractivity contribution in [2.45, 2.75) is 25.7 Å². The van der Waals surface area contributed by atoms with E-state index in [1.165, 1.54) is 0 Å². The van der Waals surface area contributed by atoms with Crippen molar-refractivity contribution in [3.8, 4) is 6.26 Å². The maximum absolute atomic E-state index is 11.5. The summed E-state index contributed by atoms with van der Waals surface area (Å²) >= 11 is 0. The fourth-order valence-corrected chi connectivity index (χ4v) is 1.60. The lowest BCUT2D eigenvalue weighted by molar-refractivity contribution is 0.251. The van der Waals surface area contributed by atoms with Crippen LogP contribution >= 0.6 is 0 Å². The van der Waals surface area contributed by atoms with E-state index in [0.29, 0.717) is 13.2 Å². The Bertz CT molecular complexity index is 401. The number of ether oxygens (including phenoxy) is 1. The predicted molar refractivity (Wildman–Crippen MR) is 73.5 cm³/mol. The highest BCUT2D eigenvalue weighted by Crippen LogP contribution is 2.04. The van der Waals surface area contributed by atoms with Crippen LogP contribution in [0.4, 0.5) is 10.5 Å². The second kappa shape index (κ2) is 9.77. The van der Waals surface area contributed by atoms with Gasteiger partial charge in [0.2, 0.25) is 0 Å². The number of benzene rings is 1. The van der Waals surface area contributed by atoms with Gasteiger partial charge in [0.15, 0.2) is 0 Å². The molecule has 102 valence electrons. The second-order valence-electron chi connectivity index (χ2n) is 4.10. The van der Waals surface area contributed by atoms with Gasteiger partial charge in [-0.1, -0.05) is 24.6 Å². The molecule has 0 unspecified atom stereocenters. The van der Waals surface area contributed by atoms with E-state index >= 15 is 0 Å². The molecule has 19 heavy (non-hydrogen) atoms. The minimum atomic E-state index is -0.181. The average molecular weight is 261 g/mol. The summed E-state index contributed by atoms with van der Waals surface area (Å²) in [7, 11) is 0. The molecule has 5 heteroatoms. The summed E-state index contributed by atoms with van der Waals surface area (Å²) in [5, 5.41) is 13.7. The molecule has 5 nitrogen and oxygen atoms in total. The van der Waals surface area contributed by atoms with E-state index in [-0.39, 0.29) is 6.03 Å². The van der Waals surface area contributed by atoms with Crippen molar-refractivity contribution in [1.29, 1.82) is 5.26 Å². The molecule has 0 spiro atoms. The van der Waals surface area contributed by atoms with Crippen molar-refractivity contribution in [2.75, 3.05) is 18.5 Å². The molecule has 0 fully saturated rings. The predicted octanol–water partition coefficient (Wildman–Crippen LogP) is 2.87. The van der Waals surface area contributed by atoms with Gasteiger partial charge in [0.1, 0.15) is 6.61 Å². The molecule has 1 rings (SSSR count).